The number of Topliss-reactive ketones (excluding diaryl/α,β-unsaturated/α-hetero) is 1. The molecule has 3 nitrogen and oxygen atoms in total. The third-order valence-corrected chi connectivity index (χ3v) is 3.20. The maximum atomic E-state index is 11.4. The van der Waals surface area contributed by atoms with Crippen molar-refractivity contribution in [1.29, 1.82) is 0 Å². The summed E-state index contributed by atoms with van der Waals surface area (Å²) >= 11 is 1.54. The van der Waals surface area contributed by atoms with Crippen molar-refractivity contribution >= 4 is 17.5 Å². The summed E-state index contributed by atoms with van der Waals surface area (Å²) in [5.74, 6) is 1.97. The first-order valence-electron chi connectivity index (χ1n) is 4.18. The van der Waals surface area contributed by atoms with Crippen molar-refractivity contribution < 1.29 is 14.3 Å². The van der Waals surface area contributed by atoms with Crippen molar-refractivity contribution in [1.82, 2.24) is 0 Å². The third kappa shape index (κ3) is 1.35. The minimum Gasteiger partial charge on any atom is -0.493 e. The number of rotatable bonds is 2. The molecule has 0 fully saturated rings. The van der Waals surface area contributed by atoms with E-state index in [1.807, 2.05) is 6.07 Å². The van der Waals surface area contributed by atoms with Gasteiger partial charge in [0.2, 0.25) is 0 Å². The van der Waals surface area contributed by atoms with Gasteiger partial charge in [-0.05, 0) is 12.1 Å². The van der Waals surface area contributed by atoms with Crippen LogP contribution in [0.15, 0.2) is 17.0 Å². The highest BCUT2D eigenvalue weighted by Gasteiger charge is 2.22. The van der Waals surface area contributed by atoms with Crippen molar-refractivity contribution in [3.8, 4) is 11.5 Å². The van der Waals surface area contributed by atoms with Gasteiger partial charge in [0.25, 0.3) is 0 Å². The predicted molar refractivity (Wildman–Crippen MR) is 54.6 cm³/mol. The summed E-state index contributed by atoms with van der Waals surface area (Å²) in [4.78, 5) is 12.4. The van der Waals surface area contributed by atoms with Crippen LogP contribution in [0.5, 0.6) is 11.5 Å². The molecule has 1 aliphatic rings. The van der Waals surface area contributed by atoms with Crippen LogP contribution in [0.2, 0.25) is 0 Å². The highest BCUT2D eigenvalue weighted by Crippen LogP contribution is 2.39. The molecule has 2 rings (SSSR count). The number of carbonyl (C=O) groups excluding carboxylic acids is 1. The van der Waals surface area contributed by atoms with E-state index in [1.54, 1.807) is 20.3 Å². The predicted octanol–water partition coefficient (Wildman–Crippen LogP) is 1.99. The van der Waals surface area contributed by atoms with Crippen molar-refractivity contribution in [3.05, 3.63) is 17.7 Å². The van der Waals surface area contributed by atoms with Gasteiger partial charge in [0.15, 0.2) is 17.3 Å². The van der Waals surface area contributed by atoms with Crippen molar-refractivity contribution in [2.75, 3.05) is 20.0 Å². The van der Waals surface area contributed by atoms with E-state index >= 15 is 0 Å². The molecule has 0 saturated carbocycles. The van der Waals surface area contributed by atoms with E-state index in [0.717, 1.165) is 10.5 Å². The van der Waals surface area contributed by atoms with Crippen molar-refractivity contribution in [2.45, 2.75) is 4.90 Å². The maximum absolute atomic E-state index is 11.4. The number of ketones is 1. The number of carbonyl (C=O) groups is 1. The Morgan fingerprint density at radius 1 is 1.21 bits per heavy atom. The van der Waals surface area contributed by atoms with Gasteiger partial charge in [-0.25, -0.2) is 0 Å². The van der Waals surface area contributed by atoms with Gasteiger partial charge >= 0.3 is 0 Å². The van der Waals surface area contributed by atoms with E-state index in [2.05, 4.69) is 0 Å². The normalized spacial score (nSPS) is 14.0. The molecule has 0 unspecified atom stereocenters. The van der Waals surface area contributed by atoms with Gasteiger partial charge in [-0.15, -0.1) is 11.8 Å². The zero-order chi connectivity index (χ0) is 10.1. The molecule has 1 aromatic rings. The van der Waals surface area contributed by atoms with Gasteiger partial charge in [-0.3, -0.25) is 4.79 Å². The lowest BCUT2D eigenvalue weighted by Crippen LogP contribution is -1.97. The first-order chi connectivity index (χ1) is 6.76. The Balaban J connectivity index is 2.54. The van der Waals surface area contributed by atoms with Gasteiger partial charge in [0.05, 0.1) is 20.0 Å². The van der Waals surface area contributed by atoms with Gasteiger partial charge in [-0.1, -0.05) is 0 Å². The van der Waals surface area contributed by atoms with Crippen LogP contribution < -0.4 is 9.47 Å². The van der Waals surface area contributed by atoms with Crippen LogP contribution in [0.25, 0.3) is 0 Å². The van der Waals surface area contributed by atoms with Crippen LogP contribution in [0.1, 0.15) is 10.4 Å². The molecule has 0 amide bonds. The molecular formula is C10H10O3S. The largest absolute Gasteiger partial charge is 0.493 e. The topological polar surface area (TPSA) is 35.5 Å². The molecule has 0 saturated heterocycles. The molecule has 0 spiro atoms. The van der Waals surface area contributed by atoms with Gasteiger partial charge in [-0.2, -0.15) is 0 Å². The van der Waals surface area contributed by atoms with Crippen LogP contribution >= 0.6 is 11.8 Å². The molecule has 0 aliphatic carbocycles. The zero-order valence-corrected chi connectivity index (χ0v) is 8.81. The molecule has 0 bridgehead atoms. The molecule has 74 valence electrons. The van der Waals surface area contributed by atoms with E-state index < -0.39 is 0 Å². The molecule has 1 aromatic carbocycles. The molecule has 0 atom stereocenters. The minimum atomic E-state index is 0.158. The van der Waals surface area contributed by atoms with E-state index in [4.69, 9.17) is 9.47 Å². The molecular weight excluding hydrogens is 200 g/mol. The van der Waals surface area contributed by atoms with Crippen molar-refractivity contribution in [3.63, 3.8) is 0 Å². The summed E-state index contributed by atoms with van der Waals surface area (Å²) in [6.45, 7) is 0. The van der Waals surface area contributed by atoms with Gasteiger partial charge in [0, 0.05) is 10.5 Å². The zero-order valence-electron chi connectivity index (χ0n) is 7.99. The summed E-state index contributed by atoms with van der Waals surface area (Å²) in [6, 6.07) is 3.60. The lowest BCUT2D eigenvalue weighted by atomic mass is 10.1. The molecule has 1 aliphatic heterocycles. The molecule has 0 radical (unpaired) electrons. The standard InChI is InChI=1S/C10H10O3S/c1-12-8-3-6-7(11)5-14-10(6)4-9(8)13-2/h3-4H,5H2,1-2H3. The fourth-order valence-corrected chi connectivity index (χ4v) is 2.38. The van der Waals surface area contributed by atoms with Gasteiger partial charge < -0.3 is 9.47 Å². The van der Waals surface area contributed by atoms with E-state index in [1.165, 1.54) is 11.8 Å². The number of benzene rings is 1. The fourth-order valence-electron chi connectivity index (χ4n) is 1.42. The number of methoxy groups -OCH3 is 2. The second-order valence-electron chi connectivity index (χ2n) is 2.92. The second-order valence-corrected chi connectivity index (χ2v) is 3.93. The minimum absolute atomic E-state index is 0.158. The van der Waals surface area contributed by atoms with Gasteiger partial charge in [0.1, 0.15) is 0 Å². The van der Waals surface area contributed by atoms with E-state index in [0.29, 0.717) is 17.3 Å². The third-order valence-electron chi connectivity index (χ3n) is 2.14. The smallest absolute Gasteiger partial charge is 0.174 e. The van der Waals surface area contributed by atoms with Crippen molar-refractivity contribution in [2.24, 2.45) is 0 Å². The Hall–Kier alpha value is -1.16. The molecule has 0 N–H and O–H groups in total. The quantitative estimate of drug-likeness (QED) is 0.747. The fraction of sp³-hybridized carbons (Fsp3) is 0.300. The molecule has 4 heteroatoms. The summed E-state index contributed by atoms with van der Waals surface area (Å²) in [6.07, 6.45) is 0. The number of ether oxygens (including phenoxy) is 2. The second kappa shape index (κ2) is 3.53. The summed E-state index contributed by atoms with van der Waals surface area (Å²) in [5.41, 5.74) is 0.743. The Bertz CT molecular complexity index is 387. The average molecular weight is 210 g/mol. The average Bonchev–Trinajstić information content (AvgIpc) is 2.58. The monoisotopic (exact) mass is 210 g/mol. The summed E-state index contributed by atoms with van der Waals surface area (Å²) in [7, 11) is 3.16. The lowest BCUT2D eigenvalue weighted by Gasteiger charge is -2.08. The summed E-state index contributed by atoms with van der Waals surface area (Å²) < 4.78 is 10.3. The van der Waals surface area contributed by atoms with E-state index in [-0.39, 0.29) is 5.78 Å². The Morgan fingerprint density at radius 3 is 2.50 bits per heavy atom. The highest BCUT2D eigenvalue weighted by molar-refractivity contribution is 8.00. The molecule has 1 heterocycles. The SMILES string of the molecule is COc1cc2c(cc1OC)C(=O)CS2. The molecule has 0 aromatic heterocycles. The van der Waals surface area contributed by atoms with Crippen LogP contribution in [0.3, 0.4) is 0 Å². The molecule has 14 heavy (non-hydrogen) atoms. The maximum Gasteiger partial charge on any atom is 0.174 e. The highest BCUT2D eigenvalue weighted by atomic mass is 32.2. The first kappa shape index (κ1) is 9.40. The van der Waals surface area contributed by atoms with Crippen LogP contribution in [-0.2, 0) is 0 Å². The Morgan fingerprint density at radius 2 is 1.86 bits per heavy atom. The summed E-state index contributed by atoms with van der Waals surface area (Å²) in [5, 5.41) is 0. The Labute approximate surface area is 86.4 Å². The Kier molecular flexibility index (Phi) is 2.37. The first-order valence-corrected chi connectivity index (χ1v) is 5.17. The van der Waals surface area contributed by atoms with Crippen LogP contribution in [-0.4, -0.2) is 25.8 Å². The lowest BCUT2D eigenvalue weighted by molar-refractivity contribution is 0.102. The number of thioether (sulfide) groups is 1. The van der Waals surface area contributed by atoms with Crippen LogP contribution in [0, 0.1) is 0 Å². The van der Waals surface area contributed by atoms with E-state index in [9.17, 15) is 4.79 Å². The number of fused-ring (bicyclic) bond motifs is 1. The number of hydrogen-bond donors (Lipinski definition) is 0. The van der Waals surface area contributed by atoms with Crippen LogP contribution in [0.4, 0.5) is 0 Å². The number of hydrogen-bond acceptors (Lipinski definition) is 4.